The summed E-state index contributed by atoms with van der Waals surface area (Å²) in [7, 11) is -0.0737. The number of ether oxygens (including phenoxy) is 3. The first kappa shape index (κ1) is 17.0. The van der Waals surface area contributed by atoms with Crippen LogP contribution in [0.5, 0.6) is 5.75 Å². The molecule has 6 heteroatoms. The van der Waals surface area contributed by atoms with Crippen LogP contribution in [-0.4, -0.2) is 43.1 Å². The molecule has 0 spiro atoms. The average molecular weight is 282 g/mol. The van der Waals surface area contributed by atoms with Crippen LogP contribution in [-0.2, 0) is 16.1 Å². The Morgan fingerprint density at radius 2 is 1.85 bits per heavy atom. The minimum Gasteiger partial charge on any atom is -0.497 e. The van der Waals surface area contributed by atoms with E-state index in [-0.39, 0.29) is 5.60 Å². The molecule has 0 heterocycles. The van der Waals surface area contributed by atoms with Crippen molar-refractivity contribution in [3.05, 3.63) is 23.8 Å². The third kappa shape index (κ3) is 5.92. The summed E-state index contributed by atoms with van der Waals surface area (Å²) >= 11 is 0. The van der Waals surface area contributed by atoms with Crippen molar-refractivity contribution in [2.45, 2.75) is 33.0 Å². The minimum atomic E-state index is -1.56. The highest BCUT2D eigenvalue weighted by Gasteiger charge is 2.17. The Labute approximate surface area is 120 Å². The van der Waals surface area contributed by atoms with Crippen molar-refractivity contribution in [1.82, 2.24) is 0 Å². The summed E-state index contributed by atoms with van der Waals surface area (Å²) < 4.78 is 16.1. The molecule has 0 unspecified atom stereocenters. The molecule has 0 aliphatic heterocycles. The maximum absolute atomic E-state index is 9.27. The smallest absolute Gasteiger partial charge is 0.492 e. The second-order valence-corrected chi connectivity index (χ2v) is 5.46. The fourth-order valence-electron chi connectivity index (χ4n) is 1.67. The van der Waals surface area contributed by atoms with Crippen LogP contribution in [0.1, 0.15) is 26.3 Å². The van der Waals surface area contributed by atoms with Gasteiger partial charge in [0.1, 0.15) is 5.75 Å². The molecule has 0 saturated carbocycles. The molecule has 0 aromatic heterocycles. The first-order valence-electron chi connectivity index (χ1n) is 6.58. The molecule has 0 aliphatic rings. The lowest BCUT2D eigenvalue weighted by Gasteiger charge is -2.19. The molecule has 2 N–H and O–H groups in total. The Hall–Kier alpha value is -1.08. The van der Waals surface area contributed by atoms with Crippen LogP contribution in [0.4, 0.5) is 0 Å². The first-order chi connectivity index (χ1) is 9.33. The van der Waals surface area contributed by atoms with E-state index in [1.807, 2.05) is 26.8 Å². The molecule has 0 fully saturated rings. The van der Waals surface area contributed by atoms with E-state index in [9.17, 15) is 10.0 Å². The van der Waals surface area contributed by atoms with Crippen molar-refractivity contribution in [1.29, 1.82) is 0 Å². The van der Waals surface area contributed by atoms with E-state index in [0.29, 0.717) is 31.0 Å². The van der Waals surface area contributed by atoms with Crippen molar-refractivity contribution in [2.24, 2.45) is 0 Å². The highest BCUT2D eigenvalue weighted by Crippen LogP contribution is 2.11. The molecule has 112 valence electrons. The highest BCUT2D eigenvalue weighted by molar-refractivity contribution is 6.59. The van der Waals surface area contributed by atoms with Gasteiger partial charge in [-0.1, -0.05) is 12.1 Å². The molecule has 0 aliphatic carbocycles. The molecule has 1 aromatic rings. The number of rotatable bonds is 7. The monoisotopic (exact) mass is 282 g/mol. The Morgan fingerprint density at radius 1 is 1.15 bits per heavy atom. The topological polar surface area (TPSA) is 68.2 Å². The van der Waals surface area contributed by atoms with Gasteiger partial charge in [-0.3, -0.25) is 0 Å². The van der Waals surface area contributed by atoms with E-state index in [4.69, 9.17) is 14.2 Å². The quantitative estimate of drug-likeness (QED) is 0.569. The maximum Gasteiger partial charge on any atom is 0.492 e. The number of hydrogen-bond acceptors (Lipinski definition) is 5. The molecule has 0 bridgehead atoms. The number of methoxy groups -OCH3 is 1. The van der Waals surface area contributed by atoms with Gasteiger partial charge >= 0.3 is 7.12 Å². The minimum absolute atomic E-state index is 0.169. The van der Waals surface area contributed by atoms with Crippen molar-refractivity contribution in [3.8, 4) is 5.75 Å². The van der Waals surface area contributed by atoms with Crippen LogP contribution in [0.15, 0.2) is 18.2 Å². The van der Waals surface area contributed by atoms with Gasteiger partial charge in [-0.05, 0) is 32.4 Å². The normalized spacial score (nSPS) is 11.5. The molecule has 0 saturated heterocycles. The SMILES string of the molecule is COc1ccc(COCCOC(C)(C)C)cc1B(O)O. The highest BCUT2D eigenvalue weighted by atomic mass is 16.5. The van der Waals surface area contributed by atoms with Crippen LogP contribution in [0.2, 0.25) is 0 Å². The van der Waals surface area contributed by atoms with Gasteiger partial charge in [-0.25, -0.2) is 0 Å². The van der Waals surface area contributed by atoms with Crippen molar-refractivity contribution in [3.63, 3.8) is 0 Å². The third-order valence-electron chi connectivity index (χ3n) is 2.60. The lowest BCUT2D eigenvalue weighted by atomic mass is 9.79. The van der Waals surface area contributed by atoms with Gasteiger partial charge in [0.25, 0.3) is 0 Å². The lowest BCUT2D eigenvalue weighted by molar-refractivity contribution is -0.0376. The molecule has 0 amide bonds. The van der Waals surface area contributed by atoms with Crippen molar-refractivity contribution in [2.75, 3.05) is 20.3 Å². The fourth-order valence-corrected chi connectivity index (χ4v) is 1.67. The molecular weight excluding hydrogens is 259 g/mol. The maximum atomic E-state index is 9.27. The second kappa shape index (κ2) is 7.64. The predicted octanol–water partition coefficient (Wildman–Crippen LogP) is 0.707. The van der Waals surface area contributed by atoms with Gasteiger partial charge in [0.15, 0.2) is 0 Å². The van der Waals surface area contributed by atoms with E-state index in [1.165, 1.54) is 7.11 Å². The van der Waals surface area contributed by atoms with Crippen LogP contribution in [0, 0.1) is 0 Å². The summed E-state index contributed by atoms with van der Waals surface area (Å²) in [5, 5.41) is 18.5. The Balaban J connectivity index is 2.47. The molecule has 5 nitrogen and oxygen atoms in total. The summed E-state index contributed by atoms with van der Waals surface area (Å²) in [6.07, 6.45) is 0. The Morgan fingerprint density at radius 3 is 2.40 bits per heavy atom. The fraction of sp³-hybridized carbons (Fsp3) is 0.571. The summed E-state index contributed by atoms with van der Waals surface area (Å²) in [5.74, 6) is 0.444. The summed E-state index contributed by atoms with van der Waals surface area (Å²) in [5.41, 5.74) is 1.02. The predicted molar refractivity (Wildman–Crippen MR) is 78.2 cm³/mol. The molecule has 0 atom stereocenters. The number of hydrogen-bond donors (Lipinski definition) is 2. The van der Waals surface area contributed by atoms with Crippen LogP contribution >= 0.6 is 0 Å². The van der Waals surface area contributed by atoms with E-state index in [2.05, 4.69) is 0 Å². The zero-order chi connectivity index (χ0) is 15.2. The van der Waals surface area contributed by atoms with E-state index < -0.39 is 7.12 Å². The first-order valence-corrected chi connectivity index (χ1v) is 6.58. The van der Waals surface area contributed by atoms with E-state index in [1.54, 1.807) is 12.1 Å². The Kier molecular flexibility index (Phi) is 6.49. The zero-order valence-electron chi connectivity index (χ0n) is 12.5. The largest absolute Gasteiger partial charge is 0.497 e. The molecule has 20 heavy (non-hydrogen) atoms. The Bertz CT molecular complexity index is 415. The van der Waals surface area contributed by atoms with Gasteiger partial charge in [-0.15, -0.1) is 0 Å². The van der Waals surface area contributed by atoms with Crippen LogP contribution in [0.25, 0.3) is 0 Å². The third-order valence-corrected chi connectivity index (χ3v) is 2.60. The summed E-state index contributed by atoms with van der Waals surface area (Å²) in [6, 6.07) is 5.18. The molecule has 0 radical (unpaired) electrons. The summed E-state index contributed by atoms with van der Waals surface area (Å²) in [6.45, 7) is 7.37. The zero-order valence-corrected chi connectivity index (χ0v) is 12.5. The molecule has 1 aromatic carbocycles. The van der Waals surface area contributed by atoms with Gasteiger partial charge < -0.3 is 24.3 Å². The standard InChI is InChI=1S/C14H23BO5/c1-14(2,3)20-8-7-19-10-11-5-6-13(18-4)12(9-11)15(16)17/h5-6,9,16-17H,7-8,10H2,1-4H3. The second-order valence-electron chi connectivity index (χ2n) is 5.46. The van der Waals surface area contributed by atoms with Gasteiger partial charge in [0.05, 0.1) is 32.5 Å². The van der Waals surface area contributed by atoms with E-state index >= 15 is 0 Å². The van der Waals surface area contributed by atoms with Crippen molar-refractivity contribution < 1.29 is 24.3 Å². The van der Waals surface area contributed by atoms with E-state index in [0.717, 1.165) is 5.56 Å². The number of benzene rings is 1. The van der Waals surface area contributed by atoms with Crippen molar-refractivity contribution >= 4 is 12.6 Å². The lowest BCUT2D eigenvalue weighted by Crippen LogP contribution is -2.31. The molecule has 1 rings (SSSR count). The van der Waals surface area contributed by atoms with Crippen LogP contribution in [0.3, 0.4) is 0 Å². The summed E-state index contributed by atoms with van der Waals surface area (Å²) in [4.78, 5) is 0. The van der Waals surface area contributed by atoms with Gasteiger partial charge in [0.2, 0.25) is 0 Å². The molecular formula is C14H23BO5. The average Bonchev–Trinajstić information content (AvgIpc) is 2.36. The van der Waals surface area contributed by atoms with Gasteiger partial charge in [-0.2, -0.15) is 0 Å². The van der Waals surface area contributed by atoms with Crippen LogP contribution < -0.4 is 10.2 Å². The van der Waals surface area contributed by atoms with Gasteiger partial charge in [0, 0.05) is 5.46 Å².